The number of carbonyl (C=O) groups excluding carboxylic acids is 1. The fourth-order valence-electron chi connectivity index (χ4n) is 2.17. The van der Waals surface area contributed by atoms with E-state index < -0.39 is 0 Å². The standard InChI is InChI=1S/C15H14N2OS/c18-14-11-19-15(13-8-4-5-9-16-13)17(14)10-12-6-2-1-3-7-12/h1-9,15H,10-11H2/t15-/m1/s1. The summed E-state index contributed by atoms with van der Waals surface area (Å²) in [7, 11) is 0. The molecule has 0 N–H and O–H groups in total. The predicted molar refractivity (Wildman–Crippen MR) is 76.4 cm³/mol. The zero-order valence-electron chi connectivity index (χ0n) is 10.4. The minimum atomic E-state index is 0.0360. The van der Waals surface area contributed by atoms with Gasteiger partial charge in [-0.3, -0.25) is 9.78 Å². The van der Waals surface area contributed by atoms with Crippen molar-refractivity contribution in [3.63, 3.8) is 0 Å². The fraction of sp³-hybridized carbons (Fsp3) is 0.200. The van der Waals surface area contributed by atoms with Crippen molar-refractivity contribution in [2.75, 3.05) is 5.75 Å². The Morgan fingerprint density at radius 3 is 2.68 bits per heavy atom. The first-order chi connectivity index (χ1) is 9.34. The molecule has 1 saturated heterocycles. The lowest BCUT2D eigenvalue weighted by Gasteiger charge is -2.23. The van der Waals surface area contributed by atoms with Gasteiger partial charge in [-0.25, -0.2) is 0 Å². The van der Waals surface area contributed by atoms with Crippen molar-refractivity contribution in [2.24, 2.45) is 0 Å². The van der Waals surface area contributed by atoms with Crippen molar-refractivity contribution < 1.29 is 4.79 Å². The monoisotopic (exact) mass is 270 g/mol. The molecule has 96 valence electrons. The summed E-state index contributed by atoms with van der Waals surface area (Å²) < 4.78 is 0. The van der Waals surface area contributed by atoms with Crippen LogP contribution in [0.2, 0.25) is 0 Å². The molecule has 3 rings (SSSR count). The molecule has 0 bridgehead atoms. The Hall–Kier alpha value is -1.81. The van der Waals surface area contributed by atoms with Crippen LogP contribution in [0.3, 0.4) is 0 Å². The summed E-state index contributed by atoms with van der Waals surface area (Å²) in [6.07, 6.45) is 1.78. The molecule has 2 aromatic rings. The summed E-state index contributed by atoms with van der Waals surface area (Å²) in [6.45, 7) is 0.647. The number of carbonyl (C=O) groups is 1. The lowest BCUT2D eigenvalue weighted by Crippen LogP contribution is -2.28. The van der Waals surface area contributed by atoms with Crippen LogP contribution < -0.4 is 0 Å². The van der Waals surface area contributed by atoms with Gasteiger partial charge in [0.1, 0.15) is 5.37 Å². The summed E-state index contributed by atoms with van der Waals surface area (Å²) in [5, 5.41) is 0.0360. The Kier molecular flexibility index (Phi) is 3.51. The van der Waals surface area contributed by atoms with Gasteiger partial charge in [0.15, 0.2) is 0 Å². The maximum Gasteiger partial charge on any atom is 0.234 e. The Balaban J connectivity index is 1.83. The first-order valence-electron chi connectivity index (χ1n) is 6.20. The predicted octanol–water partition coefficient (Wildman–Crippen LogP) is 2.86. The molecule has 3 nitrogen and oxygen atoms in total. The van der Waals surface area contributed by atoms with Gasteiger partial charge in [-0.05, 0) is 17.7 Å². The molecule has 1 aromatic heterocycles. The highest BCUT2D eigenvalue weighted by Crippen LogP contribution is 2.38. The lowest BCUT2D eigenvalue weighted by atomic mass is 10.2. The van der Waals surface area contributed by atoms with Crippen LogP contribution in [0.1, 0.15) is 16.6 Å². The number of rotatable bonds is 3. The SMILES string of the molecule is O=C1CS[C@H](c2ccccn2)N1Cc1ccccc1. The van der Waals surface area contributed by atoms with E-state index in [2.05, 4.69) is 4.98 Å². The van der Waals surface area contributed by atoms with Gasteiger partial charge in [0, 0.05) is 12.7 Å². The van der Waals surface area contributed by atoms with E-state index in [4.69, 9.17) is 0 Å². The third-order valence-electron chi connectivity index (χ3n) is 3.10. The second-order valence-corrected chi connectivity index (χ2v) is 5.49. The molecule has 2 heterocycles. The average Bonchev–Trinajstić information content (AvgIpc) is 2.82. The van der Waals surface area contributed by atoms with Gasteiger partial charge in [0.2, 0.25) is 5.91 Å². The second kappa shape index (κ2) is 5.45. The minimum Gasteiger partial charge on any atom is -0.320 e. The van der Waals surface area contributed by atoms with E-state index in [-0.39, 0.29) is 11.3 Å². The molecule has 0 unspecified atom stereocenters. The fourth-order valence-corrected chi connectivity index (χ4v) is 3.32. The van der Waals surface area contributed by atoms with E-state index in [1.165, 1.54) is 0 Å². The van der Waals surface area contributed by atoms with E-state index in [1.807, 2.05) is 53.4 Å². The van der Waals surface area contributed by atoms with Crippen LogP contribution in [0.25, 0.3) is 0 Å². The maximum atomic E-state index is 12.0. The van der Waals surface area contributed by atoms with E-state index in [0.717, 1.165) is 11.3 Å². The molecule has 1 amide bonds. The molecule has 1 fully saturated rings. The summed E-state index contributed by atoms with van der Waals surface area (Å²) in [5.74, 6) is 0.721. The lowest BCUT2D eigenvalue weighted by molar-refractivity contribution is -0.128. The molecule has 0 spiro atoms. The van der Waals surface area contributed by atoms with E-state index in [0.29, 0.717) is 12.3 Å². The van der Waals surface area contributed by atoms with Crippen molar-refractivity contribution in [3.8, 4) is 0 Å². The topological polar surface area (TPSA) is 33.2 Å². The zero-order valence-corrected chi connectivity index (χ0v) is 11.2. The summed E-state index contributed by atoms with van der Waals surface area (Å²) >= 11 is 1.64. The van der Waals surface area contributed by atoms with Crippen molar-refractivity contribution >= 4 is 17.7 Å². The zero-order chi connectivity index (χ0) is 13.1. The van der Waals surface area contributed by atoms with Crippen LogP contribution in [0, 0.1) is 0 Å². The Bertz CT molecular complexity index is 559. The minimum absolute atomic E-state index is 0.0360. The van der Waals surface area contributed by atoms with Crippen molar-refractivity contribution in [2.45, 2.75) is 11.9 Å². The molecule has 4 heteroatoms. The number of nitrogens with zero attached hydrogens (tertiary/aromatic N) is 2. The highest BCUT2D eigenvalue weighted by atomic mass is 32.2. The van der Waals surface area contributed by atoms with Crippen molar-refractivity contribution in [1.82, 2.24) is 9.88 Å². The van der Waals surface area contributed by atoms with Crippen LogP contribution in [0.5, 0.6) is 0 Å². The van der Waals surface area contributed by atoms with Gasteiger partial charge in [0.05, 0.1) is 11.4 Å². The van der Waals surface area contributed by atoms with Gasteiger partial charge >= 0.3 is 0 Å². The molecular weight excluding hydrogens is 256 g/mol. The molecule has 1 aliphatic rings. The smallest absolute Gasteiger partial charge is 0.234 e. The van der Waals surface area contributed by atoms with Gasteiger partial charge in [-0.1, -0.05) is 36.4 Å². The number of thioether (sulfide) groups is 1. The van der Waals surface area contributed by atoms with Gasteiger partial charge < -0.3 is 4.90 Å². The van der Waals surface area contributed by atoms with Crippen LogP contribution in [-0.4, -0.2) is 21.5 Å². The van der Waals surface area contributed by atoms with Crippen LogP contribution >= 0.6 is 11.8 Å². The molecule has 1 atom stereocenters. The number of pyridine rings is 1. The first-order valence-corrected chi connectivity index (χ1v) is 7.25. The number of aromatic nitrogens is 1. The first kappa shape index (κ1) is 12.2. The van der Waals surface area contributed by atoms with Crippen LogP contribution in [0.15, 0.2) is 54.7 Å². The third kappa shape index (κ3) is 2.63. The molecule has 0 saturated carbocycles. The molecular formula is C15H14N2OS. The highest BCUT2D eigenvalue weighted by Gasteiger charge is 2.33. The van der Waals surface area contributed by atoms with Crippen molar-refractivity contribution in [1.29, 1.82) is 0 Å². The largest absolute Gasteiger partial charge is 0.320 e. The number of benzene rings is 1. The molecule has 1 aliphatic heterocycles. The number of hydrogen-bond donors (Lipinski definition) is 0. The van der Waals surface area contributed by atoms with Gasteiger partial charge in [-0.15, -0.1) is 11.8 Å². The molecule has 0 radical (unpaired) electrons. The van der Waals surface area contributed by atoms with Crippen molar-refractivity contribution in [3.05, 3.63) is 66.0 Å². The molecule has 0 aliphatic carbocycles. The molecule has 1 aromatic carbocycles. The summed E-state index contributed by atoms with van der Waals surface area (Å²) in [5.41, 5.74) is 2.11. The number of amides is 1. The normalized spacial score (nSPS) is 18.8. The summed E-state index contributed by atoms with van der Waals surface area (Å²) in [4.78, 5) is 18.3. The molecule has 19 heavy (non-hydrogen) atoms. The van der Waals surface area contributed by atoms with Crippen LogP contribution in [-0.2, 0) is 11.3 Å². The Labute approximate surface area is 116 Å². The maximum absolute atomic E-state index is 12.0. The average molecular weight is 270 g/mol. The van der Waals surface area contributed by atoms with E-state index >= 15 is 0 Å². The van der Waals surface area contributed by atoms with Gasteiger partial charge in [-0.2, -0.15) is 0 Å². The Morgan fingerprint density at radius 2 is 1.95 bits per heavy atom. The second-order valence-electron chi connectivity index (χ2n) is 4.43. The van der Waals surface area contributed by atoms with Gasteiger partial charge in [0.25, 0.3) is 0 Å². The highest BCUT2D eigenvalue weighted by molar-refractivity contribution is 8.00. The van der Waals surface area contributed by atoms with E-state index in [1.54, 1.807) is 18.0 Å². The number of hydrogen-bond acceptors (Lipinski definition) is 3. The Morgan fingerprint density at radius 1 is 1.16 bits per heavy atom. The third-order valence-corrected chi connectivity index (χ3v) is 4.33. The van der Waals surface area contributed by atoms with Crippen LogP contribution in [0.4, 0.5) is 0 Å². The quantitative estimate of drug-likeness (QED) is 0.860. The summed E-state index contributed by atoms with van der Waals surface area (Å²) in [6, 6.07) is 15.9. The van der Waals surface area contributed by atoms with E-state index in [9.17, 15) is 4.79 Å².